The van der Waals surface area contributed by atoms with Gasteiger partial charge in [-0.25, -0.2) is 0 Å². The van der Waals surface area contributed by atoms with E-state index in [4.69, 9.17) is 4.74 Å². The van der Waals surface area contributed by atoms with E-state index in [0.29, 0.717) is 23.6 Å². The molecule has 1 aliphatic rings. The first kappa shape index (κ1) is 19.6. The van der Waals surface area contributed by atoms with Crippen molar-refractivity contribution in [1.29, 1.82) is 0 Å². The van der Waals surface area contributed by atoms with Crippen molar-refractivity contribution < 1.29 is 19.4 Å². The zero-order valence-electron chi connectivity index (χ0n) is 16.1. The first-order valence-corrected chi connectivity index (χ1v) is 9.42. The topological polar surface area (TPSA) is 79.7 Å². The van der Waals surface area contributed by atoms with Gasteiger partial charge in [0, 0.05) is 18.3 Å². The number of hydrogen-bond donors (Lipinski definition) is 1. The van der Waals surface area contributed by atoms with Gasteiger partial charge in [0.25, 0.3) is 11.7 Å². The van der Waals surface area contributed by atoms with Gasteiger partial charge in [-0.2, -0.15) is 0 Å². The minimum Gasteiger partial charge on any atom is -0.507 e. The van der Waals surface area contributed by atoms with Crippen molar-refractivity contribution in [1.82, 2.24) is 9.88 Å². The average Bonchev–Trinajstić information content (AvgIpc) is 2.99. The fourth-order valence-electron chi connectivity index (χ4n) is 3.39. The molecule has 1 fully saturated rings. The Hall–Kier alpha value is -3.15. The van der Waals surface area contributed by atoms with Crippen LogP contribution in [0.25, 0.3) is 5.76 Å². The zero-order valence-corrected chi connectivity index (χ0v) is 16.1. The van der Waals surface area contributed by atoms with E-state index in [-0.39, 0.29) is 11.3 Å². The number of hydrogen-bond acceptors (Lipinski definition) is 5. The van der Waals surface area contributed by atoms with Crippen molar-refractivity contribution in [2.24, 2.45) is 0 Å². The number of aliphatic hydroxyl groups is 1. The van der Waals surface area contributed by atoms with Gasteiger partial charge < -0.3 is 14.7 Å². The average molecular weight is 380 g/mol. The van der Waals surface area contributed by atoms with Gasteiger partial charge in [-0.15, -0.1) is 0 Å². The standard InChI is InChI=1S/C22H24N2O4/c1-3-4-7-14-24-19(17-8-5-6-13-23-17)18(21(26)22(24)27)20(25)15-9-11-16(28-2)12-10-15/h5-6,8-13,19,25H,3-4,7,14H2,1-2H3/b20-18-. The quantitative estimate of drug-likeness (QED) is 0.343. The molecule has 6 heteroatoms. The van der Waals surface area contributed by atoms with Crippen molar-refractivity contribution >= 4 is 17.4 Å². The summed E-state index contributed by atoms with van der Waals surface area (Å²) < 4.78 is 5.14. The molecule has 0 bridgehead atoms. The minimum atomic E-state index is -0.694. The van der Waals surface area contributed by atoms with Crippen LogP contribution in [0.15, 0.2) is 54.2 Å². The second-order valence-electron chi connectivity index (χ2n) is 6.68. The predicted molar refractivity (Wildman–Crippen MR) is 106 cm³/mol. The molecule has 3 rings (SSSR count). The minimum absolute atomic E-state index is 0.0744. The van der Waals surface area contributed by atoms with Crippen molar-refractivity contribution in [3.8, 4) is 5.75 Å². The number of ketones is 1. The second kappa shape index (κ2) is 8.69. The van der Waals surface area contributed by atoms with E-state index in [9.17, 15) is 14.7 Å². The summed E-state index contributed by atoms with van der Waals surface area (Å²) >= 11 is 0. The monoisotopic (exact) mass is 380 g/mol. The lowest BCUT2D eigenvalue weighted by Crippen LogP contribution is -2.31. The third-order valence-corrected chi connectivity index (χ3v) is 4.87. The molecule has 28 heavy (non-hydrogen) atoms. The number of Topliss-reactive ketones (excluding diaryl/α,β-unsaturated/α-hetero) is 1. The molecule has 1 aromatic carbocycles. The van der Waals surface area contributed by atoms with Crippen LogP contribution in [0.2, 0.25) is 0 Å². The molecule has 146 valence electrons. The normalized spacial score (nSPS) is 18.5. The van der Waals surface area contributed by atoms with Crippen LogP contribution in [0, 0.1) is 0 Å². The lowest BCUT2D eigenvalue weighted by atomic mass is 9.98. The summed E-state index contributed by atoms with van der Waals surface area (Å²) in [7, 11) is 1.55. The maximum atomic E-state index is 12.8. The Bertz CT molecular complexity index is 875. The van der Waals surface area contributed by atoms with Gasteiger partial charge in [-0.05, 0) is 42.8 Å². The molecule has 1 aromatic heterocycles. The molecule has 6 nitrogen and oxygen atoms in total. The molecular weight excluding hydrogens is 356 g/mol. The number of aliphatic hydroxyl groups excluding tert-OH is 1. The van der Waals surface area contributed by atoms with Crippen LogP contribution in [-0.2, 0) is 9.59 Å². The van der Waals surface area contributed by atoms with E-state index in [1.54, 1.807) is 49.7 Å². The highest BCUT2D eigenvalue weighted by Crippen LogP contribution is 2.38. The smallest absolute Gasteiger partial charge is 0.295 e. The number of amides is 1. The fourth-order valence-corrected chi connectivity index (χ4v) is 3.39. The van der Waals surface area contributed by atoms with Gasteiger partial charge in [-0.1, -0.05) is 25.8 Å². The number of benzene rings is 1. The predicted octanol–water partition coefficient (Wildman–Crippen LogP) is 3.70. The Kier molecular flexibility index (Phi) is 6.09. The van der Waals surface area contributed by atoms with Crippen molar-refractivity contribution in [3.63, 3.8) is 0 Å². The Labute approximate surface area is 164 Å². The summed E-state index contributed by atoms with van der Waals surface area (Å²) in [6.07, 6.45) is 4.37. The highest BCUT2D eigenvalue weighted by Gasteiger charge is 2.46. The molecule has 0 saturated carbocycles. The van der Waals surface area contributed by atoms with Gasteiger partial charge in [0.05, 0.1) is 18.4 Å². The summed E-state index contributed by atoms with van der Waals surface area (Å²) in [5.41, 5.74) is 1.09. The summed E-state index contributed by atoms with van der Waals surface area (Å²) in [5.74, 6) is -0.838. The number of carbonyl (C=O) groups excluding carboxylic acids is 2. The molecule has 1 unspecified atom stereocenters. The molecule has 2 heterocycles. The SMILES string of the molecule is CCCCCN1C(=O)C(=O)/C(=C(\O)c2ccc(OC)cc2)C1c1ccccn1. The zero-order chi connectivity index (χ0) is 20.1. The molecule has 0 radical (unpaired) electrons. The molecule has 0 spiro atoms. The maximum absolute atomic E-state index is 12.8. The first-order valence-electron chi connectivity index (χ1n) is 9.42. The third-order valence-electron chi connectivity index (χ3n) is 4.87. The highest BCUT2D eigenvalue weighted by molar-refractivity contribution is 6.46. The van der Waals surface area contributed by atoms with Gasteiger partial charge in [-0.3, -0.25) is 14.6 Å². The van der Waals surface area contributed by atoms with Gasteiger partial charge in [0.1, 0.15) is 17.6 Å². The van der Waals surface area contributed by atoms with E-state index < -0.39 is 17.7 Å². The number of ether oxygens (including phenoxy) is 1. The van der Waals surface area contributed by atoms with Crippen LogP contribution in [0.3, 0.4) is 0 Å². The van der Waals surface area contributed by atoms with Crippen LogP contribution in [-0.4, -0.2) is 40.3 Å². The Morgan fingerprint density at radius 2 is 1.89 bits per heavy atom. The number of likely N-dealkylation sites (tertiary alicyclic amines) is 1. The van der Waals surface area contributed by atoms with Gasteiger partial charge in [0.15, 0.2) is 0 Å². The highest BCUT2D eigenvalue weighted by atomic mass is 16.5. The van der Waals surface area contributed by atoms with Crippen molar-refractivity contribution in [2.75, 3.05) is 13.7 Å². The summed E-state index contributed by atoms with van der Waals surface area (Å²) in [6.45, 7) is 2.52. The summed E-state index contributed by atoms with van der Waals surface area (Å²) in [6, 6.07) is 11.4. The van der Waals surface area contributed by atoms with Crippen LogP contribution in [0.1, 0.15) is 43.5 Å². The van der Waals surface area contributed by atoms with Crippen LogP contribution in [0.4, 0.5) is 0 Å². The van der Waals surface area contributed by atoms with Crippen LogP contribution >= 0.6 is 0 Å². The van der Waals surface area contributed by atoms with Crippen molar-refractivity contribution in [2.45, 2.75) is 32.2 Å². The maximum Gasteiger partial charge on any atom is 0.295 e. The Morgan fingerprint density at radius 1 is 1.14 bits per heavy atom. The fraction of sp³-hybridized carbons (Fsp3) is 0.318. The Morgan fingerprint density at radius 3 is 2.50 bits per heavy atom. The van der Waals surface area contributed by atoms with E-state index in [1.165, 1.54) is 4.90 Å². The van der Waals surface area contributed by atoms with Crippen molar-refractivity contribution in [3.05, 3.63) is 65.5 Å². The lowest BCUT2D eigenvalue weighted by molar-refractivity contribution is -0.140. The molecule has 1 amide bonds. The van der Waals surface area contributed by atoms with Crippen LogP contribution in [0.5, 0.6) is 5.75 Å². The largest absolute Gasteiger partial charge is 0.507 e. The molecule has 2 aromatic rings. The molecule has 0 aliphatic carbocycles. The number of aromatic nitrogens is 1. The molecule has 1 atom stereocenters. The van der Waals surface area contributed by atoms with E-state index in [1.807, 2.05) is 6.07 Å². The molecule has 1 saturated heterocycles. The van der Waals surface area contributed by atoms with Gasteiger partial charge in [0.2, 0.25) is 0 Å². The van der Waals surface area contributed by atoms with Crippen LogP contribution < -0.4 is 4.74 Å². The summed E-state index contributed by atoms with van der Waals surface area (Å²) in [4.78, 5) is 31.4. The Balaban J connectivity index is 2.07. The molecular formula is C22H24N2O4. The lowest BCUT2D eigenvalue weighted by Gasteiger charge is -2.24. The number of nitrogens with zero attached hydrogens (tertiary/aromatic N) is 2. The number of pyridine rings is 1. The number of methoxy groups -OCH3 is 1. The third kappa shape index (κ3) is 3.76. The van der Waals surface area contributed by atoms with E-state index in [2.05, 4.69) is 11.9 Å². The second-order valence-corrected chi connectivity index (χ2v) is 6.68. The molecule has 1 aliphatic heterocycles. The number of unbranched alkanes of at least 4 members (excludes halogenated alkanes) is 2. The number of rotatable bonds is 7. The number of carbonyl (C=O) groups is 2. The van der Waals surface area contributed by atoms with E-state index >= 15 is 0 Å². The van der Waals surface area contributed by atoms with E-state index in [0.717, 1.165) is 19.3 Å². The molecule has 1 N–H and O–H groups in total. The summed E-state index contributed by atoms with van der Waals surface area (Å²) in [5, 5.41) is 10.9. The van der Waals surface area contributed by atoms with Gasteiger partial charge >= 0.3 is 0 Å². The first-order chi connectivity index (χ1) is 13.6.